The van der Waals surface area contributed by atoms with Crippen LogP contribution in [0, 0.1) is 6.92 Å². The Balaban J connectivity index is 1.97. The molecule has 2 aromatic rings. The molecule has 2 heterocycles. The summed E-state index contributed by atoms with van der Waals surface area (Å²) in [7, 11) is 0. The molecule has 18 heavy (non-hydrogen) atoms. The molecular formula is C12H20N6. The maximum atomic E-state index is 4.10. The van der Waals surface area contributed by atoms with Crippen LogP contribution in [0.5, 0.6) is 0 Å². The van der Waals surface area contributed by atoms with Gasteiger partial charge in [-0.1, -0.05) is 10.4 Å². The van der Waals surface area contributed by atoms with Crippen LogP contribution in [-0.4, -0.2) is 30.0 Å². The third kappa shape index (κ3) is 2.75. The van der Waals surface area contributed by atoms with E-state index in [4.69, 9.17) is 0 Å². The molecule has 0 saturated carbocycles. The van der Waals surface area contributed by atoms with Crippen LogP contribution < -0.4 is 0 Å². The van der Waals surface area contributed by atoms with Gasteiger partial charge in [-0.3, -0.25) is 0 Å². The van der Waals surface area contributed by atoms with Crippen LogP contribution >= 0.6 is 0 Å². The van der Waals surface area contributed by atoms with Gasteiger partial charge in [0.15, 0.2) is 0 Å². The predicted molar refractivity (Wildman–Crippen MR) is 68.2 cm³/mol. The van der Waals surface area contributed by atoms with Crippen molar-refractivity contribution in [3.8, 4) is 0 Å². The summed E-state index contributed by atoms with van der Waals surface area (Å²) in [5, 5.41) is 16.2. The molecule has 1 atom stereocenters. The minimum Gasteiger partial charge on any atom is -0.250 e. The van der Waals surface area contributed by atoms with Gasteiger partial charge in [0.2, 0.25) is 0 Å². The zero-order chi connectivity index (χ0) is 13.1. The van der Waals surface area contributed by atoms with E-state index in [1.165, 1.54) is 5.69 Å². The quantitative estimate of drug-likeness (QED) is 0.811. The molecule has 0 radical (unpaired) electrons. The zero-order valence-electron chi connectivity index (χ0n) is 11.4. The van der Waals surface area contributed by atoms with Crippen molar-refractivity contribution in [3.63, 3.8) is 0 Å². The number of hydrogen-bond donors (Lipinski definition) is 0. The molecule has 0 amide bonds. The lowest BCUT2D eigenvalue weighted by Gasteiger charge is -2.13. The van der Waals surface area contributed by atoms with Crippen LogP contribution in [0.3, 0.4) is 0 Å². The molecule has 1 unspecified atom stereocenters. The standard InChI is InChI=1S/C12H20N6/c1-9(2)18-12(7-13-15-18)6-5-11(4)17-8-10(3)14-16-17/h7-9,11H,5-6H2,1-4H3. The van der Waals surface area contributed by atoms with E-state index in [-0.39, 0.29) is 0 Å². The summed E-state index contributed by atoms with van der Waals surface area (Å²) in [4.78, 5) is 0. The van der Waals surface area contributed by atoms with E-state index in [1.54, 1.807) is 0 Å². The van der Waals surface area contributed by atoms with Gasteiger partial charge in [0, 0.05) is 12.2 Å². The van der Waals surface area contributed by atoms with Crippen LogP contribution in [0.1, 0.15) is 50.7 Å². The molecule has 0 spiro atoms. The Morgan fingerprint density at radius 3 is 2.61 bits per heavy atom. The van der Waals surface area contributed by atoms with Crippen LogP contribution in [0.25, 0.3) is 0 Å². The first kappa shape index (κ1) is 12.7. The van der Waals surface area contributed by atoms with Crippen molar-refractivity contribution >= 4 is 0 Å². The summed E-state index contributed by atoms with van der Waals surface area (Å²) < 4.78 is 3.89. The van der Waals surface area contributed by atoms with Gasteiger partial charge in [-0.15, -0.1) is 10.2 Å². The maximum absolute atomic E-state index is 4.10. The summed E-state index contributed by atoms with van der Waals surface area (Å²) in [6.07, 6.45) is 5.77. The van der Waals surface area contributed by atoms with Crippen molar-refractivity contribution in [1.82, 2.24) is 30.0 Å². The Morgan fingerprint density at radius 1 is 1.22 bits per heavy atom. The first-order chi connectivity index (χ1) is 8.58. The van der Waals surface area contributed by atoms with E-state index in [1.807, 2.05) is 28.7 Å². The lowest BCUT2D eigenvalue weighted by atomic mass is 10.1. The van der Waals surface area contributed by atoms with Gasteiger partial charge < -0.3 is 0 Å². The SMILES string of the molecule is Cc1cn(C(C)CCc2cnnn2C(C)C)nn1. The van der Waals surface area contributed by atoms with Crippen LogP contribution in [0.2, 0.25) is 0 Å². The third-order valence-electron chi connectivity index (χ3n) is 3.03. The molecule has 0 bridgehead atoms. The largest absolute Gasteiger partial charge is 0.250 e. The summed E-state index contributed by atoms with van der Waals surface area (Å²) in [6, 6.07) is 0.688. The molecule has 2 rings (SSSR count). The average Bonchev–Trinajstić information content (AvgIpc) is 2.94. The number of nitrogens with zero attached hydrogens (tertiary/aromatic N) is 6. The van der Waals surface area contributed by atoms with Crippen molar-refractivity contribution in [2.75, 3.05) is 0 Å². The average molecular weight is 248 g/mol. The Hall–Kier alpha value is -1.72. The first-order valence-electron chi connectivity index (χ1n) is 6.35. The molecule has 0 saturated heterocycles. The molecule has 2 aromatic heterocycles. The number of aryl methyl sites for hydroxylation is 2. The van der Waals surface area contributed by atoms with Gasteiger partial charge >= 0.3 is 0 Å². The highest BCUT2D eigenvalue weighted by Gasteiger charge is 2.11. The molecule has 98 valence electrons. The van der Waals surface area contributed by atoms with E-state index in [0.717, 1.165) is 18.5 Å². The number of rotatable bonds is 5. The highest BCUT2D eigenvalue weighted by Crippen LogP contribution is 2.15. The van der Waals surface area contributed by atoms with E-state index >= 15 is 0 Å². The lowest BCUT2D eigenvalue weighted by molar-refractivity contribution is 0.430. The molecule has 6 heteroatoms. The highest BCUT2D eigenvalue weighted by atomic mass is 15.4. The Labute approximate surface area is 107 Å². The molecule has 0 aromatic carbocycles. The summed E-state index contributed by atoms with van der Waals surface area (Å²) in [5.74, 6) is 0. The maximum Gasteiger partial charge on any atom is 0.0796 e. The van der Waals surface area contributed by atoms with E-state index in [9.17, 15) is 0 Å². The summed E-state index contributed by atoms with van der Waals surface area (Å²) >= 11 is 0. The second-order valence-corrected chi connectivity index (χ2v) is 4.99. The van der Waals surface area contributed by atoms with Crippen molar-refractivity contribution in [1.29, 1.82) is 0 Å². The fourth-order valence-corrected chi connectivity index (χ4v) is 1.95. The Bertz CT molecular complexity index is 498. The predicted octanol–water partition coefficient (Wildman–Crippen LogP) is 1.95. The van der Waals surface area contributed by atoms with Gasteiger partial charge in [-0.2, -0.15) is 0 Å². The normalized spacial score (nSPS) is 13.2. The second-order valence-electron chi connectivity index (χ2n) is 4.99. The van der Waals surface area contributed by atoms with Crippen LogP contribution in [0.15, 0.2) is 12.4 Å². The molecule has 0 N–H and O–H groups in total. The summed E-state index contributed by atoms with van der Waals surface area (Å²) in [5.41, 5.74) is 2.13. The van der Waals surface area contributed by atoms with E-state index < -0.39 is 0 Å². The molecule has 0 aliphatic rings. The highest BCUT2D eigenvalue weighted by molar-refractivity contribution is 4.96. The molecule has 0 aliphatic heterocycles. The summed E-state index contributed by atoms with van der Waals surface area (Å²) in [6.45, 7) is 8.33. The Kier molecular flexibility index (Phi) is 3.74. The fourth-order valence-electron chi connectivity index (χ4n) is 1.95. The molecule has 0 aliphatic carbocycles. The lowest BCUT2D eigenvalue weighted by Crippen LogP contribution is -2.11. The Morgan fingerprint density at radius 2 is 2.00 bits per heavy atom. The fraction of sp³-hybridized carbons (Fsp3) is 0.667. The van der Waals surface area contributed by atoms with Crippen molar-refractivity contribution < 1.29 is 0 Å². The minimum atomic E-state index is 0.335. The van der Waals surface area contributed by atoms with Crippen LogP contribution in [-0.2, 0) is 6.42 Å². The first-order valence-corrected chi connectivity index (χ1v) is 6.35. The second kappa shape index (κ2) is 5.29. The number of aromatic nitrogens is 6. The topological polar surface area (TPSA) is 61.4 Å². The smallest absolute Gasteiger partial charge is 0.0796 e. The van der Waals surface area contributed by atoms with Gasteiger partial charge in [0.25, 0.3) is 0 Å². The van der Waals surface area contributed by atoms with Gasteiger partial charge in [0.1, 0.15) is 0 Å². The van der Waals surface area contributed by atoms with Crippen molar-refractivity contribution in [3.05, 3.63) is 23.8 Å². The minimum absolute atomic E-state index is 0.335. The van der Waals surface area contributed by atoms with Crippen molar-refractivity contribution in [2.45, 2.75) is 52.6 Å². The van der Waals surface area contributed by atoms with E-state index in [2.05, 4.69) is 41.4 Å². The third-order valence-corrected chi connectivity index (χ3v) is 3.03. The number of hydrogen-bond acceptors (Lipinski definition) is 4. The zero-order valence-corrected chi connectivity index (χ0v) is 11.4. The molecule has 6 nitrogen and oxygen atoms in total. The van der Waals surface area contributed by atoms with Crippen LogP contribution in [0.4, 0.5) is 0 Å². The van der Waals surface area contributed by atoms with Gasteiger partial charge in [0.05, 0.1) is 23.6 Å². The molecule has 0 fully saturated rings. The monoisotopic (exact) mass is 248 g/mol. The van der Waals surface area contributed by atoms with Gasteiger partial charge in [-0.05, 0) is 40.5 Å². The van der Waals surface area contributed by atoms with E-state index in [0.29, 0.717) is 12.1 Å². The van der Waals surface area contributed by atoms with Crippen molar-refractivity contribution in [2.24, 2.45) is 0 Å². The molecular weight excluding hydrogens is 228 g/mol. The van der Waals surface area contributed by atoms with Gasteiger partial charge in [-0.25, -0.2) is 9.36 Å².